The van der Waals surface area contributed by atoms with E-state index < -0.39 is 0 Å². The summed E-state index contributed by atoms with van der Waals surface area (Å²) in [5.41, 5.74) is 0.582. The molecule has 0 bridgehead atoms. The summed E-state index contributed by atoms with van der Waals surface area (Å²) in [5.74, 6) is -0.836. The fraction of sp³-hybridized carbons (Fsp3) is 0.429. The van der Waals surface area contributed by atoms with E-state index in [-0.39, 0.29) is 30.6 Å². The average Bonchev–Trinajstić information content (AvgIpc) is 2.42. The van der Waals surface area contributed by atoms with E-state index in [0.29, 0.717) is 18.7 Å². The fourth-order valence-electron chi connectivity index (χ4n) is 1.61. The van der Waals surface area contributed by atoms with Crippen molar-refractivity contribution in [2.75, 3.05) is 33.7 Å². The lowest BCUT2D eigenvalue weighted by atomic mass is 10.1. The zero-order valence-corrected chi connectivity index (χ0v) is 11.8. The molecule has 0 unspecified atom stereocenters. The minimum atomic E-state index is -0.377. The number of hydrogen-bond donors (Lipinski definition) is 2. The number of likely N-dealkylation sites (N-methyl/N-ethyl adjacent to an activating group) is 2. The molecule has 110 valence electrons. The molecule has 0 saturated heterocycles. The number of hydrogen-bond acceptors (Lipinski definition) is 3. The summed E-state index contributed by atoms with van der Waals surface area (Å²) in [6.07, 6.45) is 0.0608. The lowest BCUT2D eigenvalue weighted by molar-refractivity contribution is -0.131. The second-order valence-corrected chi connectivity index (χ2v) is 4.50. The molecule has 1 rings (SSSR count). The standard InChI is InChI=1S/C14H20FN3O2/c1-16-6-7-18(2)14(20)10-17-13(19)9-11-4-3-5-12(15)8-11/h3-5,8,16H,6-7,9-10H2,1-2H3,(H,17,19). The average molecular weight is 281 g/mol. The molecular weight excluding hydrogens is 261 g/mol. The zero-order valence-electron chi connectivity index (χ0n) is 11.8. The summed E-state index contributed by atoms with van der Waals surface area (Å²) in [4.78, 5) is 24.9. The van der Waals surface area contributed by atoms with Gasteiger partial charge in [0, 0.05) is 20.1 Å². The van der Waals surface area contributed by atoms with Crippen LogP contribution in [0.3, 0.4) is 0 Å². The van der Waals surface area contributed by atoms with Crippen molar-refractivity contribution >= 4 is 11.8 Å². The van der Waals surface area contributed by atoms with Crippen LogP contribution in [0.15, 0.2) is 24.3 Å². The van der Waals surface area contributed by atoms with Gasteiger partial charge in [0.05, 0.1) is 13.0 Å². The Hall–Kier alpha value is -1.95. The third-order valence-corrected chi connectivity index (χ3v) is 2.81. The number of nitrogens with zero attached hydrogens (tertiary/aromatic N) is 1. The number of benzene rings is 1. The Morgan fingerprint density at radius 3 is 2.75 bits per heavy atom. The Morgan fingerprint density at radius 2 is 2.10 bits per heavy atom. The third-order valence-electron chi connectivity index (χ3n) is 2.81. The Kier molecular flexibility index (Phi) is 6.66. The van der Waals surface area contributed by atoms with Gasteiger partial charge in [0.25, 0.3) is 0 Å². The minimum absolute atomic E-state index is 0.0473. The second-order valence-electron chi connectivity index (χ2n) is 4.50. The van der Waals surface area contributed by atoms with Gasteiger partial charge in [0.1, 0.15) is 5.82 Å². The topological polar surface area (TPSA) is 61.4 Å². The fourth-order valence-corrected chi connectivity index (χ4v) is 1.61. The smallest absolute Gasteiger partial charge is 0.241 e. The molecule has 0 atom stereocenters. The van der Waals surface area contributed by atoms with Crippen LogP contribution in [-0.2, 0) is 16.0 Å². The number of nitrogens with one attached hydrogen (secondary N) is 2. The summed E-state index contributed by atoms with van der Waals surface area (Å²) in [6, 6.07) is 5.85. The van der Waals surface area contributed by atoms with Crippen LogP contribution >= 0.6 is 0 Å². The third kappa shape index (κ3) is 5.79. The highest BCUT2D eigenvalue weighted by Crippen LogP contribution is 2.03. The lowest BCUT2D eigenvalue weighted by Crippen LogP contribution is -2.40. The molecular formula is C14H20FN3O2. The summed E-state index contributed by atoms with van der Waals surface area (Å²) >= 11 is 0. The van der Waals surface area contributed by atoms with Gasteiger partial charge in [-0.2, -0.15) is 0 Å². The molecule has 2 N–H and O–H groups in total. The maximum atomic E-state index is 13.0. The van der Waals surface area contributed by atoms with Gasteiger partial charge in [0.2, 0.25) is 11.8 Å². The molecule has 0 heterocycles. The summed E-state index contributed by atoms with van der Waals surface area (Å²) in [7, 11) is 3.48. The van der Waals surface area contributed by atoms with E-state index in [2.05, 4.69) is 10.6 Å². The van der Waals surface area contributed by atoms with Crippen molar-refractivity contribution in [3.63, 3.8) is 0 Å². The Bertz CT molecular complexity index is 465. The summed E-state index contributed by atoms with van der Waals surface area (Å²) in [5, 5.41) is 5.47. The van der Waals surface area contributed by atoms with E-state index in [1.54, 1.807) is 31.1 Å². The van der Waals surface area contributed by atoms with Crippen LogP contribution in [0.2, 0.25) is 0 Å². The van der Waals surface area contributed by atoms with Gasteiger partial charge >= 0.3 is 0 Å². The van der Waals surface area contributed by atoms with Gasteiger partial charge in [-0.25, -0.2) is 4.39 Å². The van der Waals surface area contributed by atoms with E-state index in [0.717, 1.165) is 0 Å². The highest BCUT2D eigenvalue weighted by Gasteiger charge is 2.10. The van der Waals surface area contributed by atoms with Crippen LogP contribution < -0.4 is 10.6 Å². The van der Waals surface area contributed by atoms with Crippen LogP contribution in [0, 0.1) is 5.82 Å². The molecule has 5 nitrogen and oxygen atoms in total. The molecule has 6 heteroatoms. The summed E-state index contributed by atoms with van der Waals surface area (Å²) in [6.45, 7) is 1.23. The van der Waals surface area contributed by atoms with E-state index in [9.17, 15) is 14.0 Å². The lowest BCUT2D eigenvalue weighted by Gasteiger charge is -2.17. The van der Waals surface area contributed by atoms with Crippen LogP contribution in [-0.4, -0.2) is 50.4 Å². The quantitative estimate of drug-likeness (QED) is 0.748. The number of amides is 2. The first-order valence-electron chi connectivity index (χ1n) is 6.42. The molecule has 0 saturated carbocycles. The molecule has 1 aromatic carbocycles. The predicted octanol–water partition coefficient (Wildman–Crippen LogP) is 0.162. The first kappa shape index (κ1) is 16.1. The molecule has 1 aromatic rings. The van der Waals surface area contributed by atoms with Gasteiger partial charge in [0.15, 0.2) is 0 Å². The van der Waals surface area contributed by atoms with Crippen LogP contribution in [0.4, 0.5) is 4.39 Å². The largest absolute Gasteiger partial charge is 0.347 e. The van der Waals surface area contributed by atoms with Gasteiger partial charge < -0.3 is 15.5 Å². The van der Waals surface area contributed by atoms with Crippen molar-refractivity contribution in [3.8, 4) is 0 Å². The monoisotopic (exact) mass is 281 g/mol. The maximum Gasteiger partial charge on any atom is 0.241 e. The first-order valence-corrected chi connectivity index (χ1v) is 6.42. The van der Waals surface area contributed by atoms with E-state index in [1.807, 2.05) is 0 Å². The van der Waals surface area contributed by atoms with Crippen molar-refractivity contribution in [1.29, 1.82) is 0 Å². The second kappa shape index (κ2) is 8.27. The predicted molar refractivity (Wildman–Crippen MR) is 74.7 cm³/mol. The van der Waals surface area contributed by atoms with Crippen LogP contribution in [0.1, 0.15) is 5.56 Å². The van der Waals surface area contributed by atoms with Crippen molar-refractivity contribution in [2.45, 2.75) is 6.42 Å². The highest BCUT2D eigenvalue weighted by atomic mass is 19.1. The SMILES string of the molecule is CNCCN(C)C(=O)CNC(=O)Cc1cccc(F)c1. The number of rotatable bonds is 7. The van der Waals surface area contributed by atoms with Gasteiger partial charge in [-0.1, -0.05) is 12.1 Å². The Balaban J connectivity index is 2.34. The van der Waals surface area contributed by atoms with Gasteiger partial charge in [-0.05, 0) is 24.7 Å². The normalized spacial score (nSPS) is 10.2. The first-order chi connectivity index (χ1) is 9.52. The number of carbonyl (C=O) groups is 2. The van der Waals surface area contributed by atoms with Crippen molar-refractivity contribution in [2.24, 2.45) is 0 Å². The molecule has 0 spiro atoms. The van der Waals surface area contributed by atoms with Crippen LogP contribution in [0.5, 0.6) is 0 Å². The Morgan fingerprint density at radius 1 is 1.35 bits per heavy atom. The van der Waals surface area contributed by atoms with Gasteiger partial charge in [-0.3, -0.25) is 9.59 Å². The Labute approximate surface area is 118 Å². The number of carbonyl (C=O) groups excluding carboxylic acids is 2. The highest BCUT2D eigenvalue weighted by molar-refractivity contribution is 5.85. The number of halogens is 1. The van der Waals surface area contributed by atoms with Crippen molar-refractivity contribution in [3.05, 3.63) is 35.6 Å². The van der Waals surface area contributed by atoms with Crippen molar-refractivity contribution in [1.82, 2.24) is 15.5 Å². The van der Waals surface area contributed by atoms with E-state index in [4.69, 9.17) is 0 Å². The molecule has 0 aliphatic heterocycles. The van der Waals surface area contributed by atoms with Crippen LogP contribution in [0.25, 0.3) is 0 Å². The van der Waals surface area contributed by atoms with Gasteiger partial charge in [-0.15, -0.1) is 0 Å². The van der Waals surface area contributed by atoms with E-state index >= 15 is 0 Å². The van der Waals surface area contributed by atoms with E-state index in [1.165, 1.54) is 12.1 Å². The molecule has 0 aliphatic carbocycles. The molecule has 0 aliphatic rings. The molecule has 0 radical (unpaired) electrons. The van der Waals surface area contributed by atoms with Crippen molar-refractivity contribution < 1.29 is 14.0 Å². The maximum absolute atomic E-state index is 13.0. The zero-order chi connectivity index (χ0) is 15.0. The molecule has 0 fully saturated rings. The molecule has 20 heavy (non-hydrogen) atoms. The molecule has 2 amide bonds. The minimum Gasteiger partial charge on any atom is -0.347 e. The molecule has 0 aromatic heterocycles. The summed E-state index contributed by atoms with van der Waals surface area (Å²) < 4.78 is 13.0.